The first-order valence-electron chi connectivity index (χ1n) is 6.09. The third-order valence-electron chi connectivity index (χ3n) is 3.49. The molecule has 0 radical (unpaired) electrons. The number of fused-ring (bicyclic) bond motifs is 3. The summed E-state index contributed by atoms with van der Waals surface area (Å²) in [5, 5.41) is 2.71. The average molecular weight is 325 g/mol. The van der Waals surface area contributed by atoms with Gasteiger partial charge >= 0.3 is 6.09 Å². The standard InChI is InChI=1S/C13H13BrN2O3/c1-7(17)15-6-12-11-5-8-4-9(14)2-3-10(8)16(11)13(18)19-12/h2-4,11-12H,5-6H2,1H3,(H,15,17)/t11?,12-/m0/s1. The van der Waals surface area contributed by atoms with Gasteiger partial charge in [-0.3, -0.25) is 9.69 Å². The number of carbonyl (C=O) groups is 2. The van der Waals surface area contributed by atoms with Gasteiger partial charge in [0.25, 0.3) is 0 Å². The molecule has 3 rings (SSSR count). The van der Waals surface area contributed by atoms with Crippen LogP contribution in [-0.2, 0) is 16.0 Å². The van der Waals surface area contributed by atoms with Crippen LogP contribution in [0.5, 0.6) is 0 Å². The number of hydrogen-bond donors (Lipinski definition) is 1. The maximum absolute atomic E-state index is 11.9. The van der Waals surface area contributed by atoms with Crippen LogP contribution in [0.4, 0.5) is 10.5 Å². The Balaban J connectivity index is 1.84. The normalized spacial score (nSPS) is 23.9. The van der Waals surface area contributed by atoms with E-state index in [1.54, 1.807) is 4.90 Å². The predicted molar refractivity (Wildman–Crippen MR) is 73.1 cm³/mol. The maximum Gasteiger partial charge on any atom is 0.415 e. The van der Waals surface area contributed by atoms with Gasteiger partial charge in [0.05, 0.1) is 18.3 Å². The lowest BCUT2D eigenvalue weighted by atomic mass is 10.1. The first kappa shape index (κ1) is 12.5. The topological polar surface area (TPSA) is 58.6 Å². The molecule has 2 amide bonds. The van der Waals surface area contributed by atoms with Gasteiger partial charge in [0.1, 0.15) is 6.10 Å². The predicted octanol–water partition coefficient (Wildman–Crippen LogP) is 1.84. The van der Waals surface area contributed by atoms with E-state index in [2.05, 4.69) is 21.2 Å². The number of carbonyl (C=O) groups excluding carboxylic acids is 2. The van der Waals surface area contributed by atoms with Gasteiger partial charge in [-0.15, -0.1) is 0 Å². The van der Waals surface area contributed by atoms with E-state index in [1.165, 1.54) is 6.92 Å². The third-order valence-corrected chi connectivity index (χ3v) is 3.99. The largest absolute Gasteiger partial charge is 0.442 e. The molecule has 19 heavy (non-hydrogen) atoms. The van der Waals surface area contributed by atoms with Gasteiger partial charge in [-0.2, -0.15) is 0 Å². The van der Waals surface area contributed by atoms with Gasteiger partial charge < -0.3 is 10.1 Å². The summed E-state index contributed by atoms with van der Waals surface area (Å²) in [6.07, 6.45) is 0.133. The van der Waals surface area contributed by atoms with Crippen molar-refractivity contribution in [3.8, 4) is 0 Å². The van der Waals surface area contributed by atoms with E-state index < -0.39 is 0 Å². The molecule has 0 aliphatic carbocycles. The summed E-state index contributed by atoms with van der Waals surface area (Å²) in [5.74, 6) is -0.118. The molecule has 0 bridgehead atoms. The lowest BCUT2D eigenvalue weighted by Crippen LogP contribution is -2.40. The SMILES string of the molecule is CC(=O)NC[C@@H]1OC(=O)N2c3ccc(Br)cc3CC12. The first-order chi connectivity index (χ1) is 9.06. The zero-order valence-electron chi connectivity index (χ0n) is 10.4. The zero-order chi connectivity index (χ0) is 13.6. The van der Waals surface area contributed by atoms with Crippen molar-refractivity contribution < 1.29 is 14.3 Å². The number of amides is 2. The van der Waals surface area contributed by atoms with Crippen molar-refractivity contribution >= 4 is 33.6 Å². The molecule has 1 saturated heterocycles. The van der Waals surface area contributed by atoms with Crippen LogP contribution >= 0.6 is 15.9 Å². The molecule has 1 aromatic carbocycles. The Hall–Kier alpha value is -1.56. The summed E-state index contributed by atoms with van der Waals surface area (Å²) >= 11 is 3.43. The second-order valence-electron chi connectivity index (χ2n) is 4.77. The summed E-state index contributed by atoms with van der Waals surface area (Å²) in [7, 11) is 0. The van der Waals surface area contributed by atoms with Crippen molar-refractivity contribution in [1.29, 1.82) is 0 Å². The van der Waals surface area contributed by atoms with Crippen molar-refractivity contribution in [2.75, 3.05) is 11.4 Å². The molecule has 1 N–H and O–H groups in total. The fraction of sp³-hybridized carbons (Fsp3) is 0.385. The number of ether oxygens (including phenoxy) is 1. The van der Waals surface area contributed by atoms with Gasteiger partial charge in [0.2, 0.25) is 5.91 Å². The average Bonchev–Trinajstić information content (AvgIpc) is 2.84. The van der Waals surface area contributed by atoms with Crippen LogP contribution in [0.25, 0.3) is 0 Å². The fourth-order valence-corrected chi connectivity index (χ4v) is 3.07. The summed E-state index contributed by atoms with van der Waals surface area (Å²) < 4.78 is 6.33. The van der Waals surface area contributed by atoms with E-state index in [0.29, 0.717) is 6.54 Å². The van der Waals surface area contributed by atoms with Crippen molar-refractivity contribution in [3.63, 3.8) is 0 Å². The first-order valence-corrected chi connectivity index (χ1v) is 6.88. The van der Waals surface area contributed by atoms with Crippen LogP contribution in [0, 0.1) is 0 Å². The molecule has 0 aromatic heterocycles. The number of anilines is 1. The molecule has 5 nitrogen and oxygen atoms in total. The fourth-order valence-electron chi connectivity index (χ4n) is 2.67. The van der Waals surface area contributed by atoms with E-state index >= 15 is 0 Å². The molecule has 1 aromatic rings. The Morgan fingerprint density at radius 2 is 2.37 bits per heavy atom. The molecule has 2 heterocycles. The van der Waals surface area contributed by atoms with Crippen molar-refractivity contribution in [2.24, 2.45) is 0 Å². The Bertz CT molecular complexity index is 561. The van der Waals surface area contributed by atoms with Crippen LogP contribution in [0.1, 0.15) is 12.5 Å². The van der Waals surface area contributed by atoms with E-state index in [-0.39, 0.29) is 24.1 Å². The summed E-state index contributed by atoms with van der Waals surface area (Å²) in [6, 6.07) is 5.83. The second kappa shape index (κ2) is 4.52. The maximum atomic E-state index is 11.9. The number of nitrogens with one attached hydrogen (secondary N) is 1. The van der Waals surface area contributed by atoms with Gasteiger partial charge in [0.15, 0.2) is 0 Å². The summed E-state index contributed by atoms with van der Waals surface area (Å²) in [4.78, 5) is 24.6. The van der Waals surface area contributed by atoms with Gasteiger partial charge in [-0.1, -0.05) is 15.9 Å². The van der Waals surface area contributed by atoms with Gasteiger partial charge in [-0.05, 0) is 30.2 Å². The Kier molecular flexibility index (Phi) is 2.97. The lowest BCUT2D eigenvalue weighted by molar-refractivity contribution is -0.119. The van der Waals surface area contributed by atoms with Crippen LogP contribution < -0.4 is 10.2 Å². The number of hydrogen-bond acceptors (Lipinski definition) is 3. The van der Waals surface area contributed by atoms with Crippen molar-refractivity contribution in [2.45, 2.75) is 25.5 Å². The quantitative estimate of drug-likeness (QED) is 0.903. The van der Waals surface area contributed by atoms with Crippen molar-refractivity contribution in [3.05, 3.63) is 28.2 Å². The number of cyclic esters (lactones) is 1. The third kappa shape index (κ3) is 2.10. The molecule has 2 atom stereocenters. The molecule has 0 spiro atoms. The van der Waals surface area contributed by atoms with Gasteiger partial charge in [0, 0.05) is 11.4 Å². The smallest absolute Gasteiger partial charge is 0.415 e. The number of nitrogens with zero attached hydrogens (tertiary/aromatic N) is 1. The van der Waals surface area contributed by atoms with E-state index in [1.807, 2.05) is 18.2 Å². The van der Waals surface area contributed by atoms with E-state index in [4.69, 9.17) is 4.74 Å². The lowest BCUT2D eigenvalue weighted by Gasteiger charge is -2.16. The van der Waals surface area contributed by atoms with Crippen LogP contribution in [0.15, 0.2) is 22.7 Å². The summed E-state index contributed by atoms with van der Waals surface area (Å²) in [6.45, 7) is 1.81. The highest BCUT2D eigenvalue weighted by Crippen LogP contribution is 2.39. The molecule has 1 unspecified atom stereocenters. The highest BCUT2D eigenvalue weighted by molar-refractivity contribution is 9.10. The molecule has 1 fully saturated rings. The van der Waals surface area contributed by atoms with E-state index in [9.17, 15) is 9.59 Å². The minimum absolute atomic E-state index is 0.0244. The molecular weight excluding hydrogens is 312 g/mol. The molecule has 6 heteroatoms. The van der Waals surface area contributed by atoms with Crippen LogP contribution in [0.2, 0.25) is 0 Å². The number of rotatable bonds is 2. The number of halogens is 1. The summed E-state index contributed by atoms with van der Waals surface area (Å²) in [5.41, 5.74) is 2.03. The van der Waals surface area contributed by atoms with Crippen molar-refractivity contribution in [1.82, 2.24) is 5.32 Å². The minimum atomic E-state index is -0.332. The van der Waals surface area contributed by atoms with Gasteiger partial charge in [-0.25, -0.2) is 4.79 Å². The molecular formula is C13H13BrN2O3. The Morgan fingerprint density at radius 3 is 3.11 bits per heavy atom. The monoisotopic (exact) mass is 324 g/mol. The Morgan fingerprint density at radius 1 is 1.58 bits per heavy atom. The van der Waals surface area contributed by atoms with Crippen LogP contribution in [-0.4, -0.2) is 30.7 Å². The molecule has 0 saturated carbocycles. The highest BCUT2D eigenvalue weighted by atomic mass is 79.9. The second-order valence-corrected chi connectivity index (χ2v) is 5.69. The molecule has 2 aliphatic heterocycles. The Labute approximate surface area is 119 Å². The van der Waals surface area contributed by atoms with Crippen LogP contribution in [0.3, 0.4) is 0 Å². The molecule has 2 aliphatic rings. The number of benzene rings is 1. The zero-order valence-corrected chi connectivity index (χ0v) is 11.9. The highest BCUT2D eigenvalue weighted by Gasteiger charge is 2.47. The minimum Gasteiger partial charge on any atom is -0.442 e. The van der Waals surface area contributed by atoms with E-state index in [0.717, 1.165) is 22.1 Å². The molecule has 100 valence electrons.